The molecule has 2 aliphatic rings. The maximum atomic E-state index is 6.54. The molecule has 0 saturated heterocycles. The van der Waals surface area contributed by atoms with Crippen molar-refractivity contribution in [2.24, 2.45) is 0 Å². The Bertz CT molecular complexity index is 4510. The molecule has 16 rings (SSSR count). The molecule has 0 atom stereocenters. The van der Waals surface area contributed by atoms with Crippen molar-refractivity contribution in [2.45, 2.75) is 5.41 Å². The Morgan fingerprint density at radius 2 is 0.811 bits per heavy atom. The summed E-state index contributed by atoms with van der Waals surface area (Å²) >= 11 is 0. The molecule has 74 heavy (non-hydrogen) atoms. The second kappa shape index (κ2) is 15.6. The monoisotopic (exact) mass is 940 g/mol. The Balaban J connectivity index is 0.909. The summed E-state index contributed by atoms with van der Waals surface area (Å²) in [5.41, 5.74) is 23.1. The molecule has 0 fully saturated rings. The lowest BCUT2D eigenvalue weighted by atomic mass is 9.70. The number of aromatic nitrogens is 1. The van der Waals surface area contributed by atoms with Gasteiger partial charge in [-0.25, -0.2) is 0 Å². The van der Waals surface area contributed by atoms with Gasteiger partial charge < -0.3 is 13.9 Å². The molecule has 2 heterocycles. The number of hydrogen-bond donors (Lipinski definition) is 0. The number of para-hydroxylation sites is 4. The van der Waals surface area contributed by atoms with Gasteiger partial charge in [0.25, 0.3) is 0 Å². The predicted octanol–water partition coefficient (Wildman–Crippen LogP) is 19.0. The van der Waals surface area contributed by atoms with Crippen LogP contribution in [0.15, 0.2) is 271 Å². The van der Waals surface area contributed by atoms with Gasteiger partial charge in [0.2, 0.25) is 0 Å². The van der Waals surface area contributed by atoms with Gasteiger partial charge in [0, 0.05) is 44.0 Å². The number of rotatable bonds is 6. The SMILES string of the molecule is c1ccc(N(c2ccc(-c3ccccc3-n3c4ccccc4c4ccccc43)cc2)c2ccc3c(c2)C2(c4ccccc4-c4ccccc42)c2ccccc2-3)c(-c2ccc3oc4cc5ccccc5cc4c3c2)c1. The summed E-state index contributed by atoms with van der Waals surface area (Å²) in [5, 5.41) is 7.09. The standard InChI is InChI=1S/C71H44N2O/c1-2-18-47-43-70-60(41-46(47)17-1)59-42-48(35-40-69(59)74-70)52-20-7-13-29-65(52)72(49-36-33-45(34-37-49)51-19-6-14-30-66(51)73-67-31-15-8-24-57(67)58-25-9-16-32-68(58)73)50-38-39-56-55-23-5-12-28-63(55)71(64(56)44-50)61-26-10-3-21-53(61)54-22-4-11-27-62(54)71/h1-44H. The van der Waals surface area contributed by atoms with Crippen LogP contribution in [0.2, 0.25) is 0 Å². The van der Waals surface area contributed by atoms with Crippen molar-refractivity contribution in [2.75, 3.05) is 4.90 Å². The van der Waals surface area contributed by atoms with Crippen LogP contribution in [0, 0.1) is 0 Å². The number of hydrogen-bond acceptors (Lipinski definition) is 2. The molecule has 3 heteroatoms. The highest BCUT2D eigenvalue weighted by atomic mass is 16.3. The first-order valence-corrected chi connectivity index (χ1v) is 25.6. The Kier molecular flexibility index (Phi) is 8.66. The third kappa shape index (κ3) is 5.72. The van der Waals surface area contributed by atoms with E-state index in [1.54, 1.807) is 0 Å². The van der Waals surface area contributed by atoms with E-state index in [0.29, 0.717) is 0 Å². The smallest absolute Gasteiger partial charge is 0.136 e. The van der Waals surface area contributed by atoms with Gasteiger partial charge in [0.1, 0.15) is 11.2 Å². The summed E-state index contributed by atoms with van der Waals surface area (Å²) in [6, 6.07) is 98.5. The molecule has 0 amide bonds. The molecule has 0 radical (unpaired) electrons. The number of anilines is 3. The molecule has 344 valence electrons. The number of furan rings is 1. The fourth-order valence-corrected chi connectivity index (χ4v) is 13.1. The van der Waals surface area contributed by atoms with Crippen LogP contribution >= 0.6 is 0 Å². The summed E-state index contributed by atoms with van der Waals surface area (Å²) in [5.74, 6) is 0. The highest BCUT2D eigenvalue weighted by Crippen LogP contribution is 2.63. The lowest BCUT2D eigenvalue weighted by Gasteiger charge is -2.32. The average Bonchev–Trinajstić information content (AvgIpc) is 4.18. The van der Waals surface area contributed by atoms with Gasteiger partial charge in [0.05, 0.1) is 27.8 Å². The minimum absolute atomic E-state index is 0.488. The molecule has 3 nitrogen and oxygen atoms in total. The summed E-state index contributed by atoms with van der Waals surface area (Å²) in [4.78, 5) is 2.48. The van der Waals surface area contributed by atoms with Crippen molar-refractivity contribution in [3.8, 4) is 50.2 Å². The Morgan fingerprint density at radius 1 is 0.311 bits per heavy atom. The molecule has 0 bridgehead atoms. The highest BCUT2D eigenvalue weighted by Gasteiger charge is 2.51. The van der Waals surface area contributed by atoms with Gasteiger partial charge in [-0.2, -0.15) is 0 Å². The van der Waals surface area contributed by atoms with Gasteiger partial charge in [-0.15, -0.1) is 0 Å². The molecule has 2 aromatic heterocycles. The topological polar surface area (TPSA) is 21.3 Å². The summed E-state index contributed by atoms with van der Waals surface area (Å²) in [6.07, 6.45) is 0. The van der Waals surface area contributed by atoms with E-state index >= 15 is 0 Å². The highest BCUT2D eigenvalue weighted by molar-refractivity contribution is 6.12. The zero-order valence-corrected chi connectivity index (χ0v) is 40.2. The fourth-order valence-electron chi connectivity index (χ4n) is 13.1. The molecule has 0 saturated carbocycles. The van der Waals surface area contributed by atoms with Crippen LogP contribution in [0.1, 0.15) is 22.3 Å². The molecule has 2 aliphatic carbocycles. The van der Waals surface area contributed by atoms with E-state index < -0.39 is 5.41 Å². The van der Waals surface area contributed by atoms with E-state index in [-0.39, 0.29) is 0 Å². The minimum Gasteiger partial charge on any atom is -0.456 e. The predicted molar refractivity (Wildman–Crippen MR) is 307 cm³/mol. The Hall–Kier alpha value is -9.70. The van der Waals surface area contributed by atoms with Gasteiger partial charge in [-0.05, 0) is 139 Å². The van der Waals surface area contributed by atoms with Crippen LogP contribution < -0.4 is 4.90 Å². The minimum atomic E-state index is -0.488. The van der Waals surface area contributed by atoms with E-state index in [2.05, 4.69) is 276 Å². The van der Waals surface area contributed by atoms with Gasteiger partial charge >= 0.3 is 0 Å². The zero-order valence-electron chi connectivity index (χ0n) is 40.2. The summed E-state index contributed by atoms with van der Waals surface area (Å²) < 4.78 is 8.97. The largest absolute Gasteiger partial charge is 0.456 e. The van der Waals surface area contributed by atoms with Crippen molar-refractivity contribution in [1.29, 1.82) is 0 Å². The molecular weight excluding hydrogens is 897 g/mol. The molecule has 0 aliphatic heterocycles. The Morgan fingerprint density at radius 3 is 1.49 bits per heavy atom. The van der Waals surface area contributed by atoms with Crippen molar-refractivity contribution < 1.29 is 4.42 Å². The zero-order chi connectivity index (χ0) is 48.5. The summed E-state index contributed by atoms with van der Waals surface area (Å²) in [6.45, 7) is 0. The first-order valence-electron chi connectivity index (χ1n) is 25.6. The van der Waals surface area contributed by atoms with Crippen LogP contribution in [-0.4, -0.2) is 4.57 Å². The molecular formula is C71H44N2O. The summed E-state index contributed by atoms with van der Waals surface area (Å²) in [7, 11) is 0. The van der Waals surface area contributed by atoms with Crippen molar-refractivity contribution >= 4 is 71.6 Å². The van der Waals surface area contributed by atoms with Crippen LogP contribution in [0.5, 0.6) is 0 Å². The normalized spacial score (nSPS) is 13.0. The van der Waals surface area contributed by atoms with Gasteiger partial charge in [-0.1, -0.05) is 194 Å². The van der Waals surface area contributed by atoms with E-state index in [0.717, 1.165) is 61.4 Å². The van der Waals surface area contributed by atoms with Crippen molar-refractivity contribution in [3.05, 3.63) is 289 Å². The van der Waals surface area contributed by atoms with Gasteiger partial charge in [0.15, 0.2) is 0 Å². The lowest BCUT2D eigenvalue weighted by Crippen LogP contribution is -2.26. The lowest BCUT2D eigenvalue weighted by molar-refractivity contribution is 0.669. The quantitative estimate of drug-likeness (QED) is 0.166. The van der Waals surface area contributed by atoms with E-state index in [4.69, 9.17) is 4.42 Å². The number of benzene rings is 12. The molecule has 0 unspecified atom stereocenters. The van der Waals surface area contributed by atoms with Crippen molar-refractivity contribution in [1.82, 2.24) is 4.57 Å². The number of nitrogens with zero attached hydrogens (tertiary/aromatic N) is 2. The van der Waals surface area contributed by atoms with E-state index in [1.165, 1.54) is 82.6 Å². The van der Waals surface area contributed by atoms with Gasteiger partial charge in [-0.3, -0.25) is 0 Å². The third-order valence-corrected chi connectivity index (χ3v) is 16.2. The third-order valence-electron chi connectivity index (χ3n) is 16.2. The second-order valence-electron chi connectivity index (χ2n) is 19.9. The van der Waals surface area contributed by atoms with Crippen molar-refractivity contribution in [3.63, 3.8) is 0 Å². The molecule has 0 N–H and O–H groups in total. The first kappa shape index (κ1) is 41.0. The van der Waals surface area contributed by atoms with Crippen LogP contribution in [0.4, 0.5) is 17.1 Å². The van der Waals surface area contributed by atoms with E-state index in [1.807, 2.05) is 0 Å². The van der Waals surface area contributed by atoms with Crippen LogP contribution in [0.25, 0.3) is 105 Å². The Labute approximate surface area is 428 Å². The maximum Gasteiger partial charge on any atom is 0.136 e. The van der Waals surface area contributed by atoms with Crippen LogP contribution in [0.3, 0.4) is 0 Å². The average molecular weight is 941 g/mol. The first-order chi connectivity index (χ1) is 36.7. The molecule has 1 spiro atoms. The molecule has 14 aromatic rings. The maximum absolute atomic E-state index is 6.54. The number of fused-ring (bicyclic) bond motifs is 17. The van der Waals surface area contributed by atoms with Crippen LogP contribution in [-0.2, 0) is 5.41 Å². The molecule has 12 aromatic carbocycles. The van der Waals surface area contributed by atoms with E-state index in [9.17, 15) is 0 Å². The second-order valence-corrected chi connectivity index (χ2v) is 19.9. The fraction of sp³-hybridized carbons (Fsp3) is 0.0141.